The van der Waals surface area contributed by atoms with E-state index in [0.717, 1.165) is 11.3 Å². The third-order valence-corrected chi connectivity index (χ3v) is 8.52. The standard InChI is InChI=1S/C17H19N9O5S4/c1-18-15(32)21-16-19-7(5-34-16)10(27)11(28)20-8-12(29)26-9(14(30)31)6(3-33-13(8)26)4-35-17-22-23-24-25(17)2/h5,8,10,13,27H,3-4H2,1-2H3,(H,20,28)(H,30,31)(H2,18,19,21,32)/t8?,10?,13-/m0/s1. The molecular weight excluding hydrogens is 539 g/mol. The number of thiazole rings is 1. The van der Waals surface area contributed by atoms with Gasteiger partial charge in [-0.1, -0.05) is 11.8 Å². The van der Waals surface area contributed by atoms with Crippen molar-refractivity contribution in [3.05, 3.63) is 22.3 Å². The van der Waals surface area contributed by atoms with Gasteiger partial charge in [-0.25, -0.2) is 14.5 Å². The second-order valence-corrected chi connectivity index (χ2v) is 10.5. The Bertz CT molecular complexity index is 1210. The second-order valence-electron chi connectivity index (χ2n) is 7.21. The molecule has 4 heterocycles. The summed E-state index contributed by atoms with van der Waals surface area (Å²) in [5.41, 5.74) is 0.535. The first-order chi connectivity index (χ1) is 16.7. The maximum Gasteiger partial charge on any atom is 0.352 e. The van der Waals surface area contributed by atoms with E-state index in [1.54, 1.807) is 14.1 Å². The number of hydrogen-bond donors (Lipinski definition) is 5. The number of aromatic nitrogens is 5. The summed E-state index contributed by atoms with van der Waals surface area (Å²) in [5.74, 6) is -1.99. The van der Waals surface area contributed by atoms with Crippen LogP contribution < -0.4 is 16.0 Å². The number of aliphatic hydroxyl groups is 1. The van der Waals surface area contributed by atoms with Crippen LogP contribution in [0.5, 0.6) is 0 Å². The SMILES string of the molecule is CNC(=S)Nc1nc(C(O)C(=O)NC2C(=O)N3C(C(=O)O)=C(CSc4nnnn4C)CS[C@@H]23)cs1. The predicted octanol–water partition coefficient (Wildman–Crippen LogP) is -0.853. The van der Waals surface area contributed by atoms with Gasteiger partial charge in [0.15, 0.2) is 16.3 Å². The fraction of sp³-hybridized carbons (Fsp3) is 0.412. The first-order valence-corrected chi connectivity index (χ1v) is 13.2. The van der Waals surface area contributed by atoms with E-state index in [9.17, 15) is 24.6 Å². The van der Waals surface area contributed by atoms with E-state index in [4.69, 9.17) is 12.2 Å². The van der Waals surface area contributed by atoms with E-state index in [2.05, 4.69) is 36.5 Å². The molecule has 5 N–H and O–H groups in total. The van der Waals surface area contributed by atoms with Crippen molar-refractivity contribution < 1.29 is 24.6 Å². The van der Waals surface area contributed by atoms with Crippen LogP contribution in [0.25, 0.3) is 0 Å². The fourth-order valence-corrected chi connectivity index (χ4v) is 6.51. The van der Waals surface area contributed by atoms with Crippen LogP contribution in [0.1, 0.15) is 11.8 Å². The Morgan fingerprint density at radius 3 is 2.86 bits per heavy atom. The summed E-state index contributed by atoms with van der Waals surface area (Å²) in [5, 5.41) is 41.5. The van der Waals surface area contributed by atoms with Crippen LogP contribution in [0.4, 0.5) is 5.13 Å². The Morgan fingerprint density at radius 2 is 2.20 bits per heavy atom. The minimum atomic E-state index is -1.61. The van der Waals surface area contributed by atoms with Crippen molar-refractivity contribution >= 4 is 75.1 Å². The number of nitrogens with zero attached hydrogens (tertiary/aromatic N) is 6. The number of anilines is 1. The van der Waals surface area contributed by atoms with Crippen molar-refractivity contribution in [1.29, 1.82) is 0 Å². The lowest BCUT2D eigenvalue weighted by atomic mass is 10.0. The van der Waals surface area contributed by atoms with Crippen LogP contribution in [-0.2, 0) is 21.4 Å². The molecule has 0 spiro atoms. The lowest BCUT2D eigenvalue weighted by molar-refractivity contribution is -0.151. The molecule has 1 saturated heterocycles. The number of aryl methyl sites for hydroxylation is 1. The first-order valence-electron chi connectivity index (χ1n) is 9.89. The van der Waals surface area contributed by atoms with Gasteiger partial charge in [-0.2, -0.15) is 0 Å². The number of aliphatic hydroxyl groups excluding tert-OH is 1. The smallest absolute Gasteiger partial charge is 0.352 e. The second kappa shape index (κ2) is 10.4. The van der Waals surface area contributed by atoms with Gasteiger partial charge in [-0.3, -0.25) is 14.5 Å². The molecule has 186 valence electrons. The lowest BCUT2D eigenvalue weighted by Gasteiger charge is -2.49. The van der Waals surface area contributed by atoms with Crippen LogP contribution in [-0.4, -0.2) is 93.2 Å². The largest absolute Gasteiger partial charge is 0.477 e. The number of carboxylic acids is 1. The number of hydrogen-bond acceptors (Lipinski definition) is 12. The summed E-state index contributed by atoms with van der Waals surface area (Å²) >= 11 is 8.73. The molecule has 18 heteroatoms. The third-order valence-electron chi connectivity index (χ3n) is 5.00. The highest BCUT2D eigenvalue weighted by atomic mass is 32.2. The van der Waals surface area contributed by atoms with Gasteiger partial charge in [0.2, 0.25) is 5.16 Å². The van der Waals surface area contributed by atoms with Gasteiger partial charge in [0.1, 0.15) is 17.1 Å². The summed E-state index contributed by atoms with van der Waals surface area (Å²) in [6.07, 6.45) is -1.61. The van der Waals surface area contributed by atoms with Gasteiger partial charge in [0.25, 0.3) is 11.8 Å². The maximum absolute atomic E-state index is 12.8. The van der Waals surface area contributed by atoms with Crippen molar-refractivity contribution in [3.8, 4) is 0 Å². The topological polar surface area (TPSA) is 187 Å². The average molecular weight is 558 g/mol. The fourth-order valence-electron chi connectivity index (χ4n) is 3.28. The number of carbonyl (C=O) groups excluding carboxylic acids is 2. The van der Waals surface area contributed by atoms with Crippen molar-refractivity contribution in [2.24, 2.45) is 7.05 Å². The lowest BCUT2D eigenvalue weighted by Crippen LogP contribution is -2.70. The molecule has 2 unspecified atom stereocenters. The zero-order chi connectivity index (χ0) is 25.3. The summed E-state index contributed by atoms with van der Waals surface area (Å²) in [6, 6.07) is -0.971. The van der Waals surface area contributed by atoms with Crippen LogP contribution >= 0.6 is 47.1 Å². The number of tetrazole rings is 1. The molecule has 0 aliphatic carbocycles. The van der Waals surface area contributed by atoms with Crippen LogP contribution in [0.3, 0.4) is 0 Å². The van der Waals surface area contributed by atoms with Crippen LogP contribution in [0.15, 0.2) is 21.8 Å². The van der Waals surface area contributed by atoms with E-state index in [-0.39, 0.29) is 17.1 Å². The molecule has 14 nitrogen and oxygen atoms in total. The molecule has 2 aliphatic rings. The molecular formula is C17H19N9O5S4. The number of carbonyl (C=O) groups is 3. The zero-order valence-electron chi connectivity index (χ0n) is 18.2. The Labute approximate surface area is 215 Å². The maximum atomic E-state index is 12.8. The van der Waals surface area contributed by atoms with Gasteiger partial charge in [0.05, 0.1) is 5.69 Å². The summed E-state index contributed by atoms with van der Waals surface area (Å²) in [7, 11) is 3.30. The number of carboxylic acid groups (broad SMARTS) is 1. The molecule has 35 heavy (non-hydrogen) atoms. The number of nitrogens with one attached hydrogen (secondary N) is 3. The van der Waals surface area contributed by atoms with Gasteiger partial charge in [0, 0.05) is 31.0 Å². The number of fused-ring (bicyclic) bond motifs is 1. The van der Waals surface area contributed by atoms with Crippen molar-refractivity contribution in [2.45, 2.75) is 22.7 Å². The minimum absolute atomic E-state index is 0.0949. The van der Waals surface area contributed by atoms with E-state index in [0.29, 0.717) is 26.7 Å². The van der Waals surface area contributed by atoms with Gasteiger partial charge < -0.3 is 26.2 Å². The number of aliphatic carboxylic acids is 1. The normalized spacial score (nSPS) is 20.1. The number of thiocarbonyl (C=S) groups is 1. The highest BCUT2D eigenvalue weighted by Gasteiger charge is 2.54. The summed E-state index contributed by atoms with van der Waals surface area (Å²) < 4.78 is 1.46. The number of rotatable bonds is 8. The Hall–Kier alpha value is -2.80. The highest BCUT2D eigenvalue weighted by Crippen LogP contribution is 2.41. The van der Waals surface area contributed by atoms with Crippen LogP contribution in [0, 0.1) is 0 Å². The Morgan fingerprint density at radius 1 is 1.43 bits per heavy atom. The van der Waals surface area contributed by atoms with Crippen molar-refractivity contribution in [1.82, 2.24) is 40.7 Å². The van der Waals surface area contributed by atoms with Crippen LogP contribution in [0.2, 0.25) is 0 Å². The van der Waals surface area contributed by atoms with Crippen molar-refractivity contribution in [3.63, 3.8) is 0 Å². The minimum Gasteiger partial charge on any atom is -0.477 e. The molecule has 2 aromatic heterocycles. The molecule has 2 amide bonds. The molecule has 0 saturated carbocycles. The van der Waals surface area contributed by atoms with Gasteiger partial charge >= 0.3 is 5.97 Å². The van der Waals surface area contributed by atoms with Crippen molar-refractivity contribution in [2.75, 3.05) is 23.9 Å². The summed E-state index contributed by atoms with van der Waals surface area (Å²) in [4.78, 5) is 42.7. The van der Waals surface area contributed by atoms with E-state index in [1.807, 2.05) is 0 Å². The number of β-lactam (4-membered cyclic amide) rings is 1. The third kappa shape index (κ3) is 5.10. The van der Waals surface area contributed by atoms with Gasteiger partial charge in [-0.05, 0) is 28.2 Å². The molecule has 0 bridgehead atoms. The molecule has 2 aliphatic heterocycles. The quantitative estimate of drug-likeness (QED) is 0.153. The molecule has 4 rings (SSSR count). The molecule has 2 aromatic rings. The first kappa shape index (κ1) is 25.3. The molecule has 3 atom stereocenters. The predicted molar refractivity (Wildman–Crippen MR) is 132 cm³/mol. The van der Waals surface area contributed by atoms with Gasteiger partial charge in [-0.15, -0.1) is 28.2 Å². The monoisotopic (exact) mass is 557 g/mol. The Kier molecular flexibility index (Phi) is 7.55. The molecule has 0 radical (unpaired) electrons. The number of thioether (sulfide) groups is 2. The van der Waals surface area contributed by atoms with E-state index < -0.39 is 35.3 Å². The molecule has 1 fully saturated rings. The molecule has 0 aromatic carbocycles. The highest BCUT2D eigenvalue weighted by molar-refractivity contribution is 8.01. The van der Waals surface area contributed by atoms with E-state index >= 15 is 0 Å². The summed E-state index contributed by atoms with van der Waals surface area (Å²) in [6.45, 7) is 0. The Balaban J connectivity index is 1.41. The zero-order valence-corrected chi connectivity index (χ0v) is 21.4. The van der Waals surface area contributed by atoms with E-state index in [1.165, 1.54) is 38.5 Å². The number of amides is 2. The average Bonchev–Trinajstić information content (AvgIpc) is 3.48.